The number of aromatic hydroxyl groups is 1. The van der Waals surface area contributed by atoms with Crippen LogP contribution in [0.5, 0.6) is 11.5 Å². The SMILES string of the molecule is Cc1ccc(OCC(=O)NC2CCN(C(=O)c3ccccc3O)CC2)cc1C. The Morgan fingerprint density at radius 3 is 2.50 bits per heavy atom. The van der Waals surface area contributed by atoms with E-state index in [1.165, 1.54) is 11.6 Å². The third kappa shape index (κ3) is 4.82. The van der Waals surface area contributed by atoms with Crippen LogP contribution >= 0.6 is 0 Å². The standard InChI is InChI=1S/C22H26N2O4/c1-15-7-8-18(13-16(15)2)28-14-21(26)23-17-9-11-24(12-10-17)22(27)19-5-3-4-6-20(19)25/h3-8,13,17,25H,9-12,14H2,1-2H3,(H,23,26). The molecule has 2 aromatic rings. The predicted octanol–water partition coefficient (Wildman–Crippen LogP) is 2.81. The number of aryl methyl sites for hydroxylation is 2. The first-order chi connectivity index (χ1) is 13.4. The largest absolute Gasteiger partial charge is 0.507 e. The zero-order valence-corrected chi connectivity index (χ0v) is 16.3. The Hall–Kier alpha value is -3.02. The molecule has 2 aromatic carbocycles. The summed E-state index contributed by atoms with van der Waals surface area (Å²) in [5.41, 5.74) is 2.62. The van der Waals surface area contributed by atoms with E-state index >= 15 is 0 Å². The third-order valence-electron chi connectivity index (χ3n) is 5.13. The Kier molecular flexibility index (Phi) is 6.19. The van der Waals surface area contributed by atoms with Crippen LogP contribution in [0.1, 0.15) is 34.3 Å². The molecule has 0 saturated carbocycles. The van der Waals surface area contributed by atoms with Crippen LogP contribution in [0.3, 0.4) is 0 Å². The number of amides is 2. The second kappa shape index (κ2) is 8.78. The molecule has 0 unspecified atom stereocenters. The molecule has 0 radical (unpaired) electrons. The van der Waals surface area contributed by atoms with Gasteiger partial charge in [-0.25, -0.2) is 0 Å². The molecule has 28 heavy (non-hydrogen) atoms. The molecule has 0 bridgehead atoms. The van der Waals surface area contributed by atoms with Gasteiger partial charge in [0.25, 0.3) is 11.8 Å². The van der Waals surface area contributed by atoms with Crippen molar-refractivity contribution in [1.82, 2.24) is 10.2 Å². The number of hydrogen-bond donors (Lipinski definition) is 2. The van der Waals surface area contributed by atoms with E-state index in [2.05, 4.69) is 5.32 Å². The van der Waals surface area contributed by atoms with Gasteiger partial charge in [0.05, 0.1) is 5.56 Å². The minimum Gasteiger partial charge on any atom is -0.507 e. The molecule has 1 aliphatic heterocycles. The van der Waals surface area contributed by atoms with Gasteiger partial charge in [-0.3, -0.25) is 9.59 Å². The number of carbonyl (C=O) groups is 2. The minimum absolute atomic E-state index is 0.00795. The Balaban J connectivity index is 1.45. The maximum absolute atomic E-state index is 12.5. The molecule has 1 fully saturated rings. The third-order valence-corrected chi connectivity index (χ3v) is 5.13. The van der Waals surface area contributed by atoms with Crippen LogP contribution in [0.25, 0.3) is 0 Å². The number of benzene rings is 2. The smallest absolute Gasteiger partial charge is 0.258 e. The highest BCUT2D eigenvalue weighted by molar-refractivity contribution is 5.96. The minimum atomic E-state index is -0.180. The Morgan fingerprint density at radius 2 is 1.82 bits per heavy atom. The highest BCUT2D eigenvalue weighted by atomic mass is 16.5. The lowest BCUT2D eigenvalue weighted by molar-refractivity contribution is -0.124. The van der Waals surface area contributed by atoms with Crippen molar-refractivity contribution < 1.29 is 19.4 Å². The summed E-state index contributed by atoms with van der Waals surface area (Å²) in [6.45, 7) is 5.08. The molecule has 0 atom stereocenters. The number of para-hydroxylation sites is 1. The summed E-state index contributed by atoms with van der Waals surface area (Å²) in [6, 6.07) is 12.3. The molecule has 2 N–H and O–H groups in total. The van der Waals surface area contributed by atoms with E-state index in [1.807, 2.05) is 32.0 Å². The zero-order chi connectivity index (χ0) is 20.1. The second-order valence-electron chi connectivity index (χ2n) is 7.19. The Labute approximate surface area is 165 Å². The number of phenols is 1. The van der Waals surface area contributed by atoms with E-state index in [4.69, 9.17) is 4.74 Å². The molecule has 0 spiro atoms. The monoisotopic (exact) mass is 382 g/mol. The second-order valence-corrected chi connectivity index (χ2v) is 7.19. The van der Waals surface area contributed by atoms with Gasteiger partial charge in [0.15, 0.2) is 6.61 Å². The molecule has 0 aromatic heterocycles. The maximum atomic E-state index is 12.5. The van der Waals surface area contributed by atoms with E-state index in [9.17, 15) is 14.7 Å². The van der Waals surface area contributed by atoms with Crippen molar-refractivity contribution in [3.8, 4) is 11.5 Å². The summed E-state index contributed by atoms with van der Waals surface area (Å²) in [5, 5.41) is 12.8. The fourth-order valence-electron chi connectivity index (χ4n) is 3.27. The number of ether oxygens (including phenoxy) is 1. The molecule has 6 heteroatoms. The normalized spacial score (nSPS) is 14.6. The van der Waals surface area contributed by atoms with Crippen LogP contribution in [0, 0.1) is 13.8 Å². The van der Waals surface area contributed by atoms with Crippen molar-refractivity contribution >= 4 is 11.8 Å². The van der Waals surface area contributed by atoms with Crippen LogP contribution in [-0.4, -0.2) is 47.6 Å². The topological polar surface area (TPSA) is 78.9 Å². The molecule has 3 rings (SSSR count). The molecule has 6 nitrogen and oxygen atoms in total. The number of carbonyl (C=O) groups excluding carboxylic acids is 2. The summed E-state index contributed by atoms with van der Waals surface area (Å²) >= 11 is 0. The molecule has 1 saturated heterocycles. The van der Waals surface area contributed by atoms with Crippen LogP contribution in [0.15, 0.2) is 42.5 Å². The van der Waals surface area contributed by atoms with Crippen molar-refractivity contribution in [2.45, 2.75) is 32.7 Å². The van der Waals surface area contributed by atoms with Crippen LogP contribution in [-0.2, 0) is 4.79 Å². The summed E-state index contributed by atoms with van der Waals surface area (Å²) < 4.78 is 5.57. The lowest BCUT2D eigenvalue weighted by Gasteiger charge is -2.32. The zero-order valence-electron chi connectivity index (χ0n) is 16.3. The quantitative estimate of drug-likeness (QED) is 0.834. The van der Waals surface area contributed by atoms with Crippen molar-refractivity contribution in [3.05, 3.63) is 59.2 Å². The van der Waals surface area contributed by atoms with Gasteiger partial charge in [0, 0.05) is 19.1 Å². The highest BCUT2D eigenvalue weighted by Gasteiger charge is 2.25. The molecule has 148 valence electrons. The first-order valence-corrected chi connectivity index (χ1v) is 9.50. The number of likely N-dealkylation sites (tertiary alicyclic amines) is 1. The van der Waals surface area contributed by atoms with Crippen molar-refractivity contribution in [2.24, 2.45) is 0 Å². The average molecular weight is 382 g/mol. The summed E-state index contributed by atoms with van der Waals surface area (Å²) in [4.78, 5) is 26.4. The fourth-order valence-corrected chi connectivity index (χ4v) is 3.27. The Morgan fingerprint density at radius 1 is 1.11 bits per heavy atom. The van der Waals surface area contributed by atoms with E-state index in [1.54, 1.807) is 23.1 Å². The summed E-state index contributed by atoms with van der Waals surface area (Å²) in [6.07, 6.45) is 1.35. The number of piperidine rings is 1. The van der Waals surface area contributed by atoms with Crippen molar-refractivity contribution in [1.29, 1.82) is 0 Å². The number of phenolic OH excluding ortho intramolecular Hbond substituents is 1. The lowest BCUT2D eigenvalue weighted by atomic mass is 10.0. The molecule has 1 heterocycles. The number of nitrogens with zero attached hydrogens (tertiary/aromatic N) is 1. The lowest BCUT2D eigenvalue weighted by Crippen LogP contribution is -2.47. The number of nitrogens with one attached hydrogen (secondary N) is 1. The van der Waals surface area contributed by atoms with Gasteiger partial charge < -0.3 is 20.1 Å². The van der Waals surface area contributed by atoms with Gasteiger partial charge in [-0.1, -0.05) is 18.2 Å². The molecule has 1 aliphatic rings. The molecular weight excluding hydrogens is 356 g/mol. The molecule has 0 aliphatic carbocycles. The fraction of sp³-hybridized carbons (Fsp3) is 0.364. The van der Waals surface area contributed by atoms with Crippen LogP contribution < -0.4 is 10.1 Å². The first kappa shape index (κ1) is 19.7. The van der Waals surface area contributed by atoms with Gasteiger partial charge in [-0.15, -0.1) is 0 Å². The van der Waals surface area contributed by atoms with Gasteiger partial charge in [-0.2, -0.15) is 0 Å². The summed E-state index contributed by atoms with van der Waals surface area (Å²) in [5.74, 6) is 0.331. The van der Waals surface area contributed by atoms with Crippen molar-refractivity contribution in [3.63, 3.8) is 0 Å². The average Bonchev–Trinajstić information content (AvgIpc) is 2.69. The Bertz CT molecular complexity index is 857. The highest BCUT2D eigenvalue weighted by Crippen LogP contribution is 2.21. The van der Waals surface area contributed by atoms with Gasteiger partial charge >= 0.3 is 0 Å². The number of hydrogen-bond acceptors (Lipinski definition) is 4. The number of rotatable bonds is 5. The van der Waals surface area contributed by atoms with Crippen LogP contribution in [0.4, 0.5) is 0 Å². The van der Waals surface area contributed by atoms with E-state index in [-0.39, 0.29) is 30.2 Å². The molecule has 2 amide bonds. The van der Waals surface area contributed by atoms with Gasteiger partial charge in [-0.05, 0) is 62.1 Å². The van der Waals surface area contributed by atoms with E-state index < -0.39 is 0 Å². The molecular formula is C22H26N2O4. The van der Waals surface area contributed by atoms with Gasteiger partial charge in [0.2, 0.25) is 0 Å². The van der Waals surface area contributed by atoms with E-state index in [0.29, 0.717) is 37.2 Å². The maximum Gasteiger partial charge on any atom is 0.258 e. The van der Waals surface area contributed by atoms with Gasteiger partial charge in [0.1, 0.15) is 11.5 Å². The van der Waals surface area contributed by atoms with Crippen LogP contribution in [0.2, 0.25) is 0 Å². The first-order valence-electron chi connectivity index (χ1n) is 9.50. The van der Waals surface area contributed by atoms with Crippen molar-refractivity contribution in [2.75, 3.05) is 19.7 Å². The predicted molar refractivity (Wildman–Crippen MR) is 107 cm³/mol. The summed E-state index contributed by atoms with van der Waals surface area (Å²) in [7, 11) is 0. The van der Waals surface area contributed by atoms with E-state index in [0.717, 1.165) is 5.56 Å².